The zero-order chi connectivity index (χ0) is 20.5. The van der Waals surface area contributed by atoms with Crippen molar-refractivity contribution in [3.8, 4) is 0 Å². The fraction of sp³-hybridized carbons (Fsp3) is 0.207. The molecule has 1 aliphatic carbocycles. The maximum absolute atomic E-state index is 6.37. The van der Waals surface area contributed by atoms with Crippen LogP contribution in [0.1, 0.15) is 53.9 Å². The van der Waals surface area contributed by atoms with Gasteiger partial charge in [-0.05, 0) is 66.5 Å². The van der Waals surface area contributed by atoms with Gasteiger partial charge in [-0.1, -0.05) is 55.3 Å². The number of rotatable bonds is 2. The van der Waals surface area contributed by atoms with E-state index >= 15 is 0 Å². The zero-order valence-electron chi connectivity index (χ0n) is 17.6. The summed E-state index contributed by atoms with van der Waals surface area (Å²) in [7, 11) is 0. The van der Waals surface area contributed by atoms with Gasteiger partial charge in [0.25, 0.3) is 0 Å². The molecule has 0 bridgehead atoms. The molecule has 2 aliphatic rings. The van der Waals surface area contributed by atoms with Crippen molar-refractivity contribution in [1.82, 2.24) is 0 Å². The summed E-state index contributed by atoms with van der Waals surface area (Å²) in [5.74, 6) is 0.689. The van der Waals surface area contributed by atoms with E-state index in [9.17, 15) is 0 Å². The van der Waals surface area contributed by atoms with Crippen LogP contribution in [0.25, 0.3) is 32.7 Å². The molecule has 4 aromatic carbocycles. The largest absolute Gasteiger partial charge is 0.455 e. The Balaban J connectivity index is 1.49. The van der Waals surface area contributed by atoms with Crippen LogP contribution >= 0.6 is 0 Å². The Kier molecular flexibility index (Phi) is 3.52. The highest BCUT2D eigenvalue weighted by Crippen LogP contribution is 2.45. The zero-order valence-corrected chi connectivity index (χ0v) is 17.6. The Bertz CT molecular complexity index is 1550. The van der Waals surface area contributed by atoms with Crippen molar-refractivity contribution in [2.45, 2.75) is 38.5 Å². The van der Waals surface area contributed by atoms with Gasteiger partial charge in [-0.3, -0.25) is 0 Å². The van der Waals surface area contributed by atoms with E-state index in [4.69, 9.17) is 9.41 Å². The van der Waals surface area contributed by atoms with Gasteiger partial charge in [-0.15, -0.1) is 0 Å². The Morgan fingerprint density at radius 3 is 2.55 bits per heavy atom. The summed E-state index contributed by atoms with van der Waals surface area (Å²) in [6, 6.07) is 24.0. The molecule has 7 rings (SSSR count). The topological polar surface area (TPSA) is 25.5 Å². The second-order valence-corrected chi connectivity index (χ2v) is 9.13. The molecule has 0 N–H and O–H groups in total. The van der Waals surface area contributed by atoms with Crippen molar-refractivity contribution in [3.63, 3.8) is 0 Å². The van der Waals surface area contributed by atoms with Gasteiger partial charge in [0.15, 0.2) is 0 Å². The van der Waals surface area contributed by atoms with Crippen LogP contribution < -0.4 is 0 Å². The van der Waals surface area contributed by atoms with Crippen molar-refractivity contribution in [3.05, 3.63) is 89.0 Å². The van der Waals surface area contributed by atoms with Crippen LogP contribution in [0.5, 0.6) is 0 Å². The van der Waals surface area contributed by atoms with Crippen LogP contribution in [-0.4, -0.2) is 5.71 Å². The fourth-order valence-electron chi connectivity index (χ4n) is 5.83. The molecular weight excluding hydrogens is 378 g/mol. The summed E-state index contributed by atoms with van der Waals surface area (Å²) in [4.78, 5) is 5.15. The summed E-state index contributed by atoms with van der Waals surface area (Å²) in [5, 5.41) is 5.03. The maximum Gasteiger partial charge on any atom is 0.144 e. The number of hydrogen-bond acceptors (Lipinski definition) is 2. The first-order chi connectivity index (χ1) is 15.3. The van der Waals surface area contributed by atoms with Crippen LogP contribution in [0, 0.1) is 6.92 Å². The normalized spacial score (nSPS) is 16.1. The molecule has 150 valence electrons. The molecule has 1 saturated carbocycles. The molecule has 31 heavy (non-hydrogen) atoms. The van der Waals surface area contributed by atoms with Crippen molar-refractivity contribution in [2.75, 3.05) is 0 Å². The highest BCUT2D eigenvalue weighted by Gasteiger charge is 2.27. The third-order valence-corrected chi connectivity index (χ3v) is 7.21. The van der Waals surface area contributed by atoms with Gasteiger partial charge in [-0.2, -0.15) is 0 Å². The van der Waals surface area contributed by atoms with Crippen molar-refractivity contribution >= 4 is 44.1 Å². The molecule has 1 aromatic heterocycles. The highest BCUT2D eigenvalue weighted by molar-refractivity contribution is 6.30. The van der Waals surface area contributed by atoms with Gasteiger partial charge in [0.05, 0.1) is 11.4 Å². The second-order valence-electron chi connectivity index (χ2n) is 9.13. The van der Waals surface area contributed by atoms with Crippen molar-refractivity contribution in [1.29, 1.82) is 0 Å². The van der Waals surface area contributed by atoms with E-state index < -0.39 is 0 Å². The molecule has 0 unspecified atom stereocenters. The number of aliphatic imine (C=N–C) groups is 1. The minimum atomic E-state index is 0.689. The fourth-order valence-corrected chi connectivity index (χ4v) is 5.83. The number of furan rings is 1. The van der Waals surface area contributed by atoms with Crippen LogP contribution in [0.2, 0.25) is 0 Å². The molecule has 5 aromatic rings. The summed E-state index contributed by atoms with van der Waals surface area (Å²) >= 11 is 0. The maximum atomic E-state index is 6.37. The van der Waals surface area contributed by atoms with E-state index in [0.717, 1.165) is 28.1 Å². The molecule has 0 saturated heterocycles. The standard InChI is InChI=1S/C29H23NO/c1-17-15-23-20-9-4-5-12-26(20)31-29(23)24(16-17)28-22-14-13-19(18-7-2-3-8-18)21-10-6-11-25(30-28)27(21)22/h4-6,9-16,18H,2-3,7-8H2,1H3. The monoisotopic (exact) mass is 401 g/mol. The van der Waals surface area contributed by atoms with E-state index in [1.165, 1.54) is 63.9 Å². The van der Waals surface area contributed by atoms with Gasteiger partial charge in [0.1, 0.15) is 11.2 Å². The molecule has 0 radical (unpaired) electrons. The third kappa shape index (κ3) is 2.42. The molecule has 2 heteroatoms. The molecule has 0 amide bonds. The predicted molar refractivity (Wildman–Crippen MR) is 129 cm³/mol. The van der Waals surface area contributed by atoms with Crippen LogP contribution in [0.4, 0.5) is 5.69 Å². The molecule has 1 aliphatic heterocycles. The van der Waals surface area contributed by atoms with Crippen molar-refractivity contribution in [2.24, 2.45) is 4.99 Å². The van der Waals surface area contributed by atoms with E-state index in [2.05, 4.69) is 61.5 Å². The van der Waals surface area contributed by atoms with E-state index in [1.807, 2.05) is 12.1 Å². The third-order valence-electron chi connectivity index (χ3n) is 7.21. The van der Waals surface area contributed by atoms with Gasteiger partial charge in [0.2, 0.25) is 0 Å². The summed E-state index contributed by atoms with van der Waals surface area (Å²) < 4.78 is 6.37. The van der Waals surface area contributed by atoms with Crippen LogP contribution in [-0.2, 0) is 0 Å². The highest BCUT2D eigenvalue weighted by atomic mass is 16.3. The number of fused-ring (bicyclic) bond motifs is 3. The minimum absolute atomic E-state index is 0.689. The second kappa shape index (κ2) is 6.31. The lowest BCUT2D eigenvalue weighted by Crippen LogP contribution is -2.03. The van der Waals surface area contributed by atoms with Crippen LogP contribution in [0.15, 0.2) is 76.1 Å². The average Bonchev–Trinajstić information content (AvgIpc) is 3.52. The lowest BCUT2D eigenvalue weighted by Gasteiger charge is -2.15. The summed E-state index contributed by atoms with van der Waals surface area (Å²) in [5.41, 5.74) is 9.06. The number of hydrogen-bond donors (Lipinski definition) is 0. The SMILES string of the molecule is Cc1cc(C2=Nc3cccc4c(C5CCCC5)ccc2c34)c2oc3ccccc3c2c1. The molecule has 2 heterocycles. The van der Waals surface area contributed by atoms with E-state index in [1.54, 1.807) is 0 Å². The summed E-state index contributed by atoms with van der Waals surface area (Å²) in [6.07, 6.45) is 5.32. The molecule has 0 spiro atoms. The summed E-state index contributed by atoms with van der Waals surface area (Å²) in [6.45, 7) is 2.16. The molecule has 0 atom stereocenters. The van der Waals surface area contributed by atoms with Gasteiger partial charge in [0, 0.05) is 27.3 Å². The Hall–Kier alpha value is -3.39. The smallest absolute Gasteiger partial charge is 0.144 e. The van der Waals surface area contributed by atoms with Crippen LogP contribution in [0.3, 0.4) is 0 Å². The first kappa shape index (κ1) is 17.3. The van der Waals surface area contributed by atoms with Gasteiger partial charge < -0.3 is 4.42 Å². The first-order valence-corrected chi connectivity index (χ1v) is 11.3. The van der Waals surface area contributed by atoms with Gasteiger partial charge in [-0.25, -0.2) is 4.99 Å². The Morgan fingerprint density at radius 1 is 0.806 bits per heavy atom. The number of aryl methyl sites for hydroxylation is 1. The average molecular weight is 402 g/mol. The number of para-hydroxylation sites is 1. The van der Waals surface area contributed by atoms with Gasteiger partial charge >= 0.3 is 0 Å². The molecule has 1 fully saturated rings. The number of nitrogens with zero attached hydrogens (tertiary/aromatic N) is 1. The quantitative estimate of drug-likeness (QED) is 0.287. The van der Waals surface area contributed by atoms with E-state index in [0.29, 0.717) is 5.92 Å². The Labute approximate surface area is 181 Å². The predicted octanol–water partition coefficient (Wildman–Crippen LogP) is 8.19. The molecular formula is C29H23NO. The first-order valence-electron chi connectivity index (χ1n) is 11.3. The molecule has 2 nitrogen and oxygen atoms in total. The number of benzene rings is 4. The lowest BCUT2D eigenvalue weighted by atomic mass is 9.88. The Morgan fingerprint density at radius 2 is 1.65 bits per heavy atom. The lowest BCUT2D eigenvalue weighted by molar-refractivity contribution is 0.668. The van der Waals surface area contributed by atoms with E-state index in [-0.39, 0.29) is 0 Å². The van der Waals surface area contributed by atoms with Crippen molar-refractivity contribution < 1.29 is 4.42 Å². The minimum Gasteiger partial charge on any atom is -0.455 e.